The largest absolute Gasteiger partial charge is 0.353 e. The van der Waals surface area contributed by atoms with E-state index in [1.165, 1.54) is 0 Å². The first-order chi connectivity index (χ1) is 6.83. The van der Waals surface area contributed by atoms with E-state index in [4.69, 9.17) is 0 Å². The highest BCUT2D eigenvalue weighted by Gasteiger charge is 1.91. The van der Waals surface area contributed by atoms with Crippen molar-refractivity contribution in [1.82, 2.24) is 5.32 Å². The van der Waals surface area contributed by atoms with Crippen LogP contribution in [0.1, 0.15) is 18.9 Å². The van der Waals surface area contributed by atoms with Crippen LogP contribution in [0.3, 0.4) is 0 Å². The Morgan fingerprint density at radius 1 is 1.36 bits per heavy atom. The van der Waals surface area contributed by atoms with E-state index >= 15 is 0 Å². The second kappa shape index (κ2) is 5.97. The third kappa shape index (κ3) is 3.90. The SMILES string of the molecule is CCC(=O)NC/C=C\c1ccccc1. The lowest BCUT2D eigenvalue weighted by Gasteiger charge is -1.97. The van der Waals surface area contributed by atoms with Crippen molar-refractivity contribution >= 4 is 12.0 Å². The lowest BCUT2D eigenvalue weighted by molar-refractivity contribution is -0.120. The summed E-state index contributed by atoms with van der Waals surface area (Å²) in [6.07, 6.45) is 4.48. The van der Waals surface area contributed by atoms with Gasteiger partial charge in [0.25, 0.3) is 0 Å². The summed E-state index contributed by atoms with van der Waals surface area (Å²) in [4.78, 5) is 10.9. The molecule has 0 bridgehead atoms. The molecule has 0 saturated carbocycles. The summed E-state index contributed by atoms with van der Waals surface area (Å²) in [6, 6.07) is 10.0. The lowest BCUT2D eigenvalue weighted by Crippen LogP contribution is -2.21. The molecule has 0 aliphatic heterocycles. The molecule has 0 aromatic heterocycles. The van der Waals surface area contributed by atoms with Gasteiger partial charge in [-0.3, -0.25) is 4.79 Å². The smallest absolute Gasteiger partial charge is 0.219 e. The van der Waals surface area contributed by atoms with Gasteiger partial charge < -0.3 is 5.32 Å². The fraction of sp³-hybridized carbons (Fsp3) is 0.250. The Labute approximate surface area is 84.6 Å². The molecule has 1 aromatic rings. The minimum absolute atomic E-state index is 0.0858. The van der Waals surface area contributed by atoms with Gasteiger partial charge in [0.05, 0.1) is 0 Å². The molecule has 2 heteroatoms. The van der Waals surface area contributed by atoms with E-state index in [1.807, 2.05) is 49.4 Å². The quantitative estimate of drug-likeness (QED) is 0.773. The van der Waals surface area contributed by atoms with Gasteiger partial charge in [0, 0.05) is 13.0 Å². The predicted molar refractivity (Wildman–Crippen MR) is 58.8 cm³/mol. The molecule has 1 N–H and O–H groups in total. The second-order valence-electron chi connectivity index (χ2n) is 2.97. The Bertz CT molecular complexity index is 303. The van der Waals surface area contributed by atoms with E-state index in [0.717, 1.165) is 5.56 Å². The van der Waals surface area contributed by atoms with Gasteiger partial charge in [-0.1, -0.05) is 49.4 Å². The van der Waals surface area contributed by atoms with Gasteiger partial charge in [0.1, 0.15) is 0 Å². The Kier molecular flexibility index (Phi) is 4.48. The first-order valence-electron chi connectivity index (χ1n) is 4.81. The van der Waals surface area contributed by atoms with Gasteiger partial charge in [0.15, 0.2) is 0 Å². The number of benzene rings is 1. The average Bonchev–Trinajstić information content (AvgIpc) is 2.25. The third-order valence-electron chi connectivity index (χ3n) is 1.85. The summed E-state index contributed by atoms with van der Waals surface area (Å²) in [5, 5.41) is 2.78. The van der Waals surface area contributed by atoms with Crippen LogP contribution in [0.4, 0.5) is 0 Å². The minimum Gasteiger partial charge on any atom is -0.353 e. The molecule has 14 heavy (non-hydrogen) atoms. The van der Waals surface area contributed by atoms with Crippen LogP contribution in [0.25, 0.3) is 6.08 Å². The number of nitrogens with one attached hydrogen (secondary N) is 1. The monoisotopic (exact) mass is 189 g/mol. The van der Waals surface area contributed by atoms with Crippen LogP contribution in [0.5, 0.6) is 0 Å². The number of hydrogen-bond acceptors (Lipinski definition) is 1. The molecule has 0 saturated heterocycles. The van der Waals surface area contributed by atoms with Crippen LogP contribution in [0, 0.1) is 0 Å². The number of hydrogen-bond donors (Lipinski definition) is 1. The van der Waals surface area contributed by atoms with E-state index in [9.17, 15) is 4.79 Å². The normalized spacial score (nSPS) is 10.4. The molecule has 0 radical (unpaired) electrons. The number of carbonyl (C=O) groups is 1. The zero-order valence-corrected chi connectivity index (χ0v) is 8.36. The topological polar surface area (TPSA) is 29.1 Å². The van der Waals surface area contributed by atoms with Crippen molar-refractivity contribution in [3.05, 3.63) is 42.0 Å². The first-order valence-corrected chi connectivity index (χ1v) is 4.81. The molecule has 1 amide bonds. The van der Waals surface area contributed by atoms with Crippen molar-refractivity contribution in [3.8, 4) is 0 Å². The van der Waals surface area contributed by atoms with Crippen molar-refractivity contribution in [2.45, 2.75) is 13.3 Å². The highest BCUT2D eigenvalue weighted by molar-refractivity contribution is 5.75. The number of rotatable bonds is 4. The van der Waals surface area contributed by atoms with Crippen molar-refractivity contribution in [2.24, 2.45) is 0 Å². The Balaban J connectivity index is 2.31. The van der Waals surface area contributed by atoms with Crippen LogP contribution in [0.2, 0.25) is 0 Å². The van der Waals surface area contributed by atoms with E-state index in [2.05, 4.69) is 5.32 Å². The molecule has 1 aromatic carbocycles. The van der Waals surface area contributed by atoms with Gasteiger partial charge in [0.2, 0.25) is 5.91 Å². The Morgan fingerprint density at radius 3 is 2.71 bits per heavy atom. The second-order valence-corrected chi connectivity index (χ2v) is 2.97. The molecule has 0 fully saturated rings. The van der Waals surface area contributed by atoms with Crippen LogP contribution < -0.4 is 5.32 Å². The van der Waals surface area contributed by atoms with Gasteiger partial charge in [-0.15, -0.1) is 0 Å². The average molecular weight is 189 g/mol. The summed E-state index contributed by atoms with van der Waals surface area (Å²) in [5.41, 5.74) is 1.15. The molecule has 0 heterocycles. The van der Waals surface area contributed by atoms with E-state index < -0.39 is 0 Å². The van der Waals surface area contributed by atoms with E-state index in [-0.39, 0.29) is 5.91 Å². The fourth-order valence-electron chi connectivity index (χ4n) is 1.06. The molecule has 0 aliphatic carbocycles. The Morgan fingerprint density at radius 2 is 2.07 bits per heavy atom. The summed E-state index contributed by atoms with van der Waals surface area (Å²) in [6.45, 7) is 2.44. The molecular formula is C12H15NO. The zero-order valence-electron chi connectivity index (χ0n) is 8.36. The molecule has 0 spiro atoms. The molecule has 0 aliphatic rings. The summed E-state index contributed by atoms with van der Waals surface area (Å²) in [5.74, 6) is 0.0858. The minimum atomic E-state index is 0.0858. The summed E-state index contributed by atoms with van der Waals surface area (Å²) >= 11 is 0. The van der Waals surface area contributed by atoms with Gasteiger partial charge in [-0.05, 0) is 5.56 Å². The summed E-state index contributed by atoms with van der Waals surface area (Å²) < 4.78 is 0. The number of carbonyl (C=O) groups excluding carboxylic acids is 1. The van der Waals surface area contributed by atoms with Gasteiger partial charge >= 0.3 is 0 Å². The summed E-state index contributed by atoms with van der Waals surface area (Å²) in [7, 11) is 0. The zero-order chi connectivity index (χ0) is 10.2. The van der Waals surface area contributed by atoms with Gasteiger partial charge in [-0.2, -0.15) is 0 Å². The van der Waals surface area contributed by atoms with Gasteiger partial charge in [-0.25, -0.2) is 0 Å². The van der Waals surface area contributed by atoms with Crippen molar-refractivity contribution in [1.29, 1.82) is 0 Å². The van der Waals surface area contributed by atoms with Crippen LogP contribution in [0.15, 0.2) is 36.4 Å². The van der Waals surface area contributed by atoms with Crippen molar-refractivity contribution in [3.63, 3.8) is 0 Å². The maximum absolute atomic E-state index is 10.9. The van der Waals surface area contributed by atoms with E-state index in [1.54, 1.807) is 0 Å². The molecule has 2 nitrogen and oxygen atoms in total. The van der Waals surface area contributed by atoms with Crippen LogP contribution in [-0.4, -0.2) is 12.5 Å². The maximum atomic E-state index is 10.9. The standard InChI is InChI=1S/C12H15NO/c1-2-12(14)13-10-6-9-11-7-4-3-5-8-11/h3-9H,2,10H2,1H3,(H,13,14)/b9-6-. The fourth-order valence-corrected chi connectivity index (χ4v) is 1.06. The molecule has 74 valence electrons. The molecule has 1 rings (SSSR count). The highest BCUT2D eigenvalue weighted by atomic mass is 16.1. The third-order valence-corrected chi connectivity index (χ3v) is 1.85. The molecular weight excluding hydrogens is 174 g/mol. The van der Waals surface area contributed by atoms with Crippen LogP contribution in [-0.2, 0) is 4.79 Å². The van der Waals surface area contributed by atoms with E-state index in [0.29, 0.717) is 13.0 Å². The molecule has 0 atom stereocenters. The van der Waals surface area contributed by atoms with Crippen molar-refractivity contribution < 1.29 is 4.79 Å². The highest BCUT2D eigenvalue weighted by Crippen LogP contribution is 1.99. The molecule has 0 unspecified atom stereocenters. The predicted octanol–water partition coefficient (Wildman–Crippen LogP) is 2.23. The van der Waals surface area contributed by atoms with Crippen LogP contribution >= 0.6 is 0 Å². The maximum Gasteiger partial charge on any atom is 0.219 e. The lowest BCUT2D eigenvalue weighted by atomic mass is 10.2. The Hall–Kier alpha value is -1.57. The van der Waals surface area contributed by atoms with Crippen molar-refractivity contribution in [2.75, 3.05) is 6.54 Å². The number of amides is 1. The first kappa shape index (κ1) is 10.5.